The van der Waals surface area contributed by atoms with Crippen LogP contribution in [0.5, 0.6) is 11.5 Å². The number of nitrogens with zero attached hydrogens (tertiary/aromatic N) is 2. The summed E-state index contributed by atoms with van der Waals surface area (Å²) in [5.41, 5.74) is 5.43. The van der Waals surface area contributed by atoms with Crippen LogP contribution in [0.4, 0.5) is 0 Å². The molecule has 2 heterocycles. The molecular formula is C27H27N3O. The average Bonchev–Trinajstić information content (AvgIpc) is 3.27. The smallest absolute Gasteiger partial charge is 0.128 e. The lowest BCUT2D eigenvalue weighted by Gasteiger charge is -2.37. The third-order valence-electron chi connectivity index (χ3n) is 6.32. The van der Waals surface area contributed by atoms with Crippen molar-refractivity contribution in [3.8, 4) is 22.8 Å². The molecule has 0 saturated heterocycles. The second kappa shape index (κ2) is 8.38. The van der Waals surface area contributed by atoms with E-state index in [0.29, 0.717) is 0 Å². The first kappa shape index (κ1) is 19.6. The lowest BCUT2D eigenvalue weighted by molar-refractivity contribution is 0.337. The fraction of sp³-hybridized carbons (Fsp3) is 0.259. The number of rotatable bonds is 5. The van der Waals surface area contributed by atoms with Crippen molar-refractivity contribution in [1.82, 2.24) is 15.2 Å². The maximum Gasteiger partial charge on any atom is 0.128 e. The summed E-state index contributed by atoms with van der Waals surface area (Å²) in [6.45, 7) is 2.00. The molecule has 0 bridgehead atoms. The Morgan fingerprint density at radius 2 is 1.65 bits per heavy atom. The van der Waals surface area contributed by atoms with Gasteiger partial charge < -0.3 is 4.74 Å². The van der Waals surface area contributed by atoms with Crippen LogP contribution in [0, 0.1) is 6.92 Å². The van der Waals surface area contributed by atoms with Gasteiger partial charge in [-0.2, -0.15) is 5.10 Å². The highest BCUT2D eigenvalue weighted by Crippen LogP contribution is 2.45. The molecule has 1 aliphatic carbocycles. The number of aromatic amines is 1. The van der Waals surface area contributed by atoms with Crippen LogP contribution in [0.25, 0.3) is 11.3 Å². The normalized spacial score (nSPS) is 15.5. The Hall–Kier alpha value is -3.40. The Morgan fingerprint density at radius 3 is 2.39 bits per heavy atom. The summed E-state index contributed by atoms with van der Waals surface area (Å²) in [7, 11) is 0. The van der Waals surface area contributed by atoms with Gasteiger partial charge >= 0.3 is 0 Å². The van der Waals surface area contributed by atoms with Crippen LogP contribution in [-0.4, -0.2) is 15.2 Å². The minimum atomic E-state index is -0.0344. The quantitative estimate of drug-likeness (QED) is 0.393. The Kier molecular flexibility index (Phi) is 5.29. The van der Waals surface area contributed by atoms with Gasteiger partial charge in [0.05, 0.1) is 11.4 Å². The van der Waals surface area contributed by atoms with Crippen molar-refractivity contribution >= 4 is 0 Å². The maximum absolute atomic E-state index is 6.30. The number of nitrogens with one attached hydrogen (secondary N) is 1. The first-order valence-electron chi connectivity index (χ1n) is 11.1. The number of H-pyrrole nitrogens is 1. The van der Waals surface area contributed by atoms with Crippen LogP contribution in [0.2, 0.25) is 0 Å². The zero-order chi connectivity index (χ0) is 21.1. The van der Waals surface area contributed by atoms with Gasteiger partial charge in [-0.1, -0.05) is 49.6 Å². The van der Waals surface area contributed by atoms with Gasteiger partial charge in [-0.05, 0) is 67.8 Å². The molecule has 4 aromatic rings. The third-order valence-corrected chi connectivity index (χ3v) is 6.32. The summed E-state index contributed by atoms with van der Waals surface area (Å²) in [6, 6.07) is 25.0. The molecule has 4 heteroatoms. The first-order chi connectivity index (χ1) is 15.2. The van der Waals surface area contributed by atoms with Crippen molar-refractivity contribution in [2.45, 2.75) is 44.4 Å². The molecule has 1 fully saturated rings. The molecule has 1 aliphatic rings. The minimum Gasteiger partial charge on any atom is -0.457 e. The lowest BCUT2D eigenvalue weighted by Crippen LogP contribution is -2.31. The third kappa shape index (κ3) is 3.98. The molecule has 0 unspecified atom stereocenters. The van der Waals surface area contributed by atoms with Crippen LogP contribution < -0.4 is 4.74 Å². The highest BCUT2D eigenvalue weighted by Gasteiger charge is 2.37. The molecule has 5 rings (SSSR count). The van der Waals surface area contributed by atoms with Gasteiger partial charge in [0, 0.05) is 22.9 Å². The fourth-order valence-corrected chi connectivity index (χ4v) is 4.77. The Balaban J connectivity index is 1.46. The van der Waals surface area contributed by atoms with E-state index in [1.165, 1.54) is 30.5 Å². The maximum atomic E-state index is 6.30. The molecule has 0 atom stereocenters. The van der Waals surface area contributed by atoms with Gasteiger partial charge in [-0.25, -0.2) is 0 Å². The number of pyridine rings is 1. The Morgan fingerprint density at radius 1 is 0.839 bits per heavy atom. The molecular weight excluding hydrogens is 382 g/mol. The zero-order valence-corrected chi connectivity index (χ0v) is 17.8. The number of hydrogen-bond acceptors (Lipinski definition) is 3. The van der Waals surface area contributed by atoms with E-state index in [1.54, 1.807) is 0 Å². The predicted octanol–water partition coefficient (Wildman–Crippen LogP) is 6.82. The van der Waals surface area contributed by atoms with E-state index in [9.17, 15) is 0 Å². The molecule has 1 N–H and O–H groups in total. The fourth-order valence-electron chi connectivity index (χ4n) is 4.77. The Labute approximate surface area is 183 Å². The Bertz CT molecular complexity index is 1160. The zero-order valence-electron chi connectivity index (χ0n) is 17.8. The minimum absolute atomic E-state index is 0.0344. The first-order valence-corrected chi connectivity index (χ1v) is 11.1. The molecule has 1 saturated carbocycles. The van der Waals surface area contributed by atoms with Crippen molar-refractivity contribution in [3.05, 3.63) is 95.9 Å². The number of hydrogen-bond donors (Lipinski definition) is 1. The largest absolute Gasteiger partial charge is 0.457 e. The van der Waals surface area contributed by atoms with Crippen LogP contribution in [0.1, 0.15) is 49.1 Å². The van der Waals surface area contributed by atoms with Crippen LogP contribution in [-0.2, 0) is 5.41 Å². The number of ether oxygens (including phenoxy) is 1. The van der Waals surface area contributed by atoms with Crippen molar-refractivity contribution in [2.24, 2.45) is 0 Å². The molecule has 0 amide bonds. The molecule has 2 aromatic carbocycles. The average molecular weight is 410 g/mol. The van der Waals surface area contributed by atoms with Gasteiger partial charge in [-0.15, -0.1) is 0 Å². The van der Waals surface area contributed by atoms with E-state index >= 15 is 0 Å². The van der Waals surface area contributed by atoms with Crippen LogP contribution in [0.15, 0.2) is 79.0 Å². The van der Waals surface area contributed by atoms with Crippen molar-refractivity contribution in [3.63, 3.8) is 0 Å². The van der Waals surface area contributed by atoms with Gasteiger partial charge in [0.2, 0.25) is 0 Å². The summed E-state index contributed by atoms with van der Waals surface area (Å²) in [4.78, 5) is 4.76. The van der Waals surface area contributed by atoms with Crippen molar-refractivity contribution in [2.75, 3.05) is 0 Å². The summed E-state index contributed by atoms with van der Waals surface area (Å²) in [6.07, 6.45) is 7.92. The summed E-state index contributed by atoms with van der Waals surface area (Å²) in [5, 5.41) is 7.37. The summed E-state index contributed by atoms with van der Waals surface area (Å²) >= 11 is 0. The van der Waals surface area contributed by atoms with Gasteiger partial charge in [0.25, 0.3) is 0 Å². The van der Waals surface area contributed by atoms with Gasteiger partial charge in [0.15, 0.2) is 0 Å². The van der Waals surface area contributed by atoms with E-state index in [1.807, 2.05) is 49.5 Å². The molecule has 0 aliphatic heterocycles. The molecule has 0 spiro atoms. The number of aryl methyl sites for hydroxylation is 1. The predicted molar refractivity (Wildman–Crippen MR) is 123 cm³/mol. The van der Waals surface area contributed by atoms with Crippen molar-refractivity contribution < 1.29 is 4.74 Å². The highest BCUT2D eigenvalue weighted by molar-refractivity contribution is 5.61. The summed E-state index contributed by atoms with van der Waals surface area (Å²) in [5.74, 6) is 1.67. The number of aromatic nitrogens is 3. The molecule has 31 heavy (non-hydrogen) atoms. The SMILES string of the molecule is Cc1cc(-c2cccc(Oc3cccc(C4(c5ccccn5)CCCCC4)c3)c2)n[nH]1. The van der Waals surface area contributed by atoms with Crippen molar-refractivity contribution in [1.29, 1.82) is 0 Å². The monoisotopic (exact) mass is 409 g/mol. The van der Waals surface area contributed by atoms with Crippen LogP contribution in [0.3, 0.4) is 0 Å². The lowest BCUT2D eigenvalue weighted by atomic mass is 9.67. The van der Waals surface area contributed by atoms with E-state index in [-0.39, 0.29) is 5.41 Å². The summed E-state index contributed by atoms with van der Waals surface area (Å²) < 4.78 is 6.30. The molecule has 156 valence electrons. The highest BCUT2D eigenvalue weighted by atomic mass is 16.5. The van der Waals surface area contributed by atoms with E-state index < -0.39 is 0 Å². The van der Waals surface area contributed by atoms with Gasteiger partial charge in [0.1, 0.15) is 11.5 Å². The molecule has 2 aromatic heterocycles. The van der Waals surface area contributed by atoms with Gasteiger partial charge in [-0.3, -0.25) is 10.1 Å². The second-order valence-electron chi connectivity index (χ2n) is 8.45. The standard InChI is InChI=1S/C27H27N3O/c1-20-17-25(30-29-20)21-9-7-11-23(18-21)31-24-12-8-10-22(19-24)27(14-4-2-5-15-27)26-13-3-6-16-28-26/h3,6-13,16-19H,2,4-5,14-15H2,1H3,(H,29,30). The molecule has 0 radical (unpaired) electrons. The van der Waals surface area contributed by atoms with Crippen LogP contribution >= 0.6 is 0 Å². The van der Waals surface area contributed by atoms with E-state index in [2.05, 4.69) is 46.6 Å². The number of benzene rings is 2. The van der Waals surface area contributed by atoms with E-state index in [0.717, 1.165) is 41.3 Å². The topological polar surface area (TPSA) is 50.8 Å². The van der Waals surface area contributed by atoms with E-state index in [4.69, 9.17) is 9.72 Å². The second-order valence-corrected chi connectivity index (χ2v) is 8.45. The molecule has 4 nitrogen and oxygen atoms in total.